The van der Waals surface area contributed by atoms with Crippen LogP contribution >= 0.6 is 0 Å². The lowest BCUT2D eigenvalue weighted by Gasteiger charge is -2.18. The van der Waals surface area contributed by atoms with Crippen molar-refractivity contribution in [1.82, 2.24) is 14.7 Å². The molecule has 0 radical (unpaired) electrons. The lowest BCUT2D eigenvalue weighted by molar-refractivity contribution is -0.383. The Morgan fingerprint density at radius 2 is 1.93 bits per heavy atom. The molecule has 0 saturated carbocycles. The maximum atomic E-state index is 12.1. The van der Waals surface area contributed by atoms with Crippen molar-refractivity contribution in [3.63, 3.8) is 0 Å². The Hall–Kier alpha value is -2.98. The normalized spacial score (nSPS) is 12.8. The number of rotatable bonds is 7. The number of benzene rings is 2. The summed E-state index contributed by atoms with van der Waals surface area (Å²) in [5.41, 5.74) is 2.91. The van der Waals surface area contributed by atoms with Gasteiger partial charge in [-0.25, -0.2) is 8.42 Å². The standard InChI is InChI=1S/C20H23N5O4S/c1-4-23(5-2)10-11-24-16-8-9-17(25(26)27)20-18(16)19(22-24)14-12-13(30(3,28)29)6-7-15(14)21-20/h6-9,12,21H,4-5,10-11H2,1-3H3. The minimum absolute atomic E-state index is 0.0371. The number of sulfone groups is 1. The molecule has 158 valence electrons. The third-order valence-electron chi connectivity index (χ3n) is 5.55. The van der Waals surface area contributed by atoms with Crippen molar-refractivity contribution in [3.05, 3.63) is 40.4 Å². The molecule has 2 aromatic carbocycles. The van der Waals surface area contributed by atoms with E-state index in [0.29, 0.717) is 34.6 Å². The molecule has 0 bridgehead atoms. The van der Waals surface area contributed by atoms with Crippen molar-refractivity contribution in [2.45, 2.75) is 25.3 Å². The number of fused-ring (bicyclic) bond motifs is 2. The van der Waals surface area contributed by atoms with Crippen LogP contribution in [0.3, 0.4) is 0 Å². The highest BCUT2D eigenvalue weighted by molar-refractivity contribution is 7.90. The van der Waals surface area contributed by atoms with Gasteiger partial charge in [0.25, 0.3) is 5.69 Å². The van der Waals surface area contributed by atoms with E-state index in [1.165, 1.54) is 12.1 Å². The fourth-order valence-corrected chi connectivity index (χ4v) is 4.51. The largest absolute Gasteiger partial charge is 0.349 e. The molecule has 0 aliphatic carbocycles. The topological polar surface area (TPSA) is 110 Å². The van der Waals surface area contributed by atoms with Gasteiger partial charge in [-0.2, -0.15) is 5.10 Å². The summed E-state index contributed by atoms with van der Waals surface area (Å²) in [5.74, 6) is 0. The van der Waals surface area contributed by atoms with E-state index in [1.807, 2.05) is 4.68 Å². The maximum absolute atomic E-state index is 12.1. The number of hydrogen-bond acceptors (Lipinski definition) is 7. The van der Waals surface area contributed by atoms with E-state index in [0.717, 1.165) is 31.4 Å². The average Bonchev–Trinajstić information content (AvgIpc) is 3.08. The van der Waals surface area contributed by atoms with Crippen molar-refractivity contribution in [2.75, 3.05) is 31.2 Å². The fourth-order valence-electron chi connectivity index (χ4n) is 3.87. The van der Waals surface area contributed by atoms with Gasteiger partial charge in [0.1, 0.15) is 11.4 Å². The van der Waals surface area contributed by atoms with Gasteiger partial charge in [-0.05, 0) is 37.4 Å². The molecule has 0 unspecified atom stereocenters. The van der Waals surface area contributed by atoms with Crippen LogP contribution in [0.1, 0.15) is 13.8 Å². The number of nitrogens with zero attached hydrogens (tertiary/aromatic N) is 4. The summed E-state index contributed by atoms with van der Waals surface area (Å²) in [6, 6.07) is 7.90. The molecule has 3 aromatic rings. The summed E-state index contributed by atoms with van der Waals surface area (Å²) in [6.45, 7) is 7.44. The highest BCUT2D eigenvalue weighted by Gasteiger charge is 2.30. The summed E-state index contributed by atoms with van der Waals surface area (Å²) >= 11 is 0. The summed E-state index contributed by atoms with van der Waals surface area (Å²) < 4.78 is 26.0. The number of hydrogen-bond donors (Lipinski definition) is 1. The summed E-state index contributed by atoms with van der Waals surface area (Å²) in [5, 5.41) is 20.1. The fraction of sp³-hybridized carbons (Fsp3) is 0.350. The van der Waals surface area contributed by atoms with Gasteiger partial charge in [0.05, 0.1) is 27.3 Å². The smallest absolute Gasteiger partial charge is 0.293 e. The van der Waals surface area contributed by atoms with Gasteiger partial charge in [-0.15, -0.1) is 0 Å². The number of anilines is 2. The van der Waals surface area contributed by atoms with Gasteiger partial charge >= 0.3 is 0 Å². The summed E-state index contributed by atoms with van der Waals surface area (Å²) in [4.78, 5) is 13.6. The summed E-state index contributed by atoms with van der Waals surface area (Å²) in [7, 11) is -3.40. The van der Waals surface area contributed by atoms with E-state index < -0.39 is 14.8 Å². The molecule has 1 N–H and O–H groups in total. The molecule has 0 atom stereocenters. The van der Waals surface area contributed by atoms with Crippen LogP contribution in [0.4, 0.5) is 17.1 Å². The zero-order valence-electron chi connectivity index (χ0n) is 17.0. The van der Waals surface area contributed by atoms with Gasteiger partial charge < -0.3 is 10.2 Å². The highest BCUT2D eigenvalue weighted by Crippen LogP contribution is 2.47. The maximum Gasteiger partial charge on any atom is 0.293 e. The van der Waals surface area contributed by atoms with Gasteiger partial charge in [0, 0.05) is 30.1 Å². The molecular formula is C20H23N5O4S. The molecular weight excluding hydrogens is 406 g/mol. The van der Waals surface area contributed by atoms with Crippen molar-refractivity contribution >= 4 is 37.8 Å². The molecule has 0 amide bonds. The quantitative estimate of drug-likeness (QED) is 0.354. The first-order chi connectivity index (χ1) is 14.2. The minimum Gasteiger partial charge on any atom is -0.349 e. The molecule has 1 aliphatic rings. The number of nitrogens with one attached hydrogen (secondary N) is 1. The predicted molar refractivity (Wildman–Crippen MR) is 116 cm³/mol. The number of likely N-dealkylation sites (N-methyl/N-ethyl adjacent to an activating group) is 1. The minimum atomic E-state index is -3.40. The monoisotopic (exact) mass is 429 g/mol. The first-order valence-corrected chi connectivity index (χ1v) is 11.7. The van der Waals surface area contributed by atoms with Crippen LogP contribution in [0.2, 0.25) is 0 Å². The Labute approximate surface area is 174 Å². The Balaban J connectivity index is 1.93. The third-order valence-corrected chi connectivity index (χ3v) is 6.66. The van der Waals surface area contributed by atoms with E-state index in [-0.39, 0.29) is 10.6 Å². The van der Waals surface area contributed by atoms with Gasteiger partial charge in [-0.1, -0.05) is 13.8 Å². The van der Waals surface area contributed by atoms with Crippen molar-refractivity contribution in [1.29, 1.82) is 0 Å². The molecule has 4 rings (SSSR count). The first kappa shape index (κ1) is 20.3. The third kappa shape index (κ3) is 3.31. The second-order valence-corrected chi connectivity index (χ2v) is 9.33. The zero-order valence-corrected chi connectivity index (χ0v) is 17.9. The molecule has 0 saturated heterocycles. The van der Waals surface area contributed by atoms with E-state index in [4.69, 9.17) is 5.10 Å². The molecule has 9 nitrogen and oxygen atoms in total. The predicted octanol–water partition coefficient (Wildman–Crippen LogP) is 3.41. The van der Waals surface area contributed by atoms with Crippen LogP contribution in [0.5, 0.6) is 0 Å². The van der Waals surface area contributed by atoms with Gasteiger partial charge in [0.2, 0.25) is 0 Å². The molecule has 30 heavy (non-hydrogen) atoms. The average molecular weight is 430 g/mol. The van der Waals surface area contributed by atoms with Crippen LogP contribution < -0.4 is 5.32 Å². The molecule has 0 spiro atoms. The van der Waals surface area contributed by atoms with Crippen LogP contribution in [0.25, 0.3) is 22.2 Å². The van der Waals surface area contributed by atoms with E-state index in [2.05, 4.69) is 24.1 Å². The lowest BCUT2D eigenvalue weighted by Crippen LogP contribution is -2.27. The molecule has 0 fully saturated rings. The van der Waals surface area contributed by atoms with Gasteiger partial charge in [-0.3, -0.25) is 14.8 Å². The zero-order chi connectivity index (χ0) is 21.6. The second-order valence-electron chi connectivity index (χ2n) is 7.31. The molecule has 2 heterocycles. The van der Waals surface area contributed by atoms with Crippen molar-refractivity contribution in [3.8, 4) is 11.3 Å². The van der Waals surface area contributed by atoms with Gasteiger partial charge in [0.15, 0.2) is 9.84 Å². The second kappa shape index (κ2) is 7.37. The number of nitro groups is 1. The number of nitro benzene ring substituents is 1. The van der Waals surface area contributed by atoms with Crippen LogP contribution in [0.15, 0.2) is 35.2 Å². The van der Waals surface area contributed by atoms with Crippen molar-refractivity contribution < 1.29 is 13.3 Å². The Bertz CT molecular complexity index is 1260. The number of aromatic nitrogens is 2. The highest BCUT2D eigenvalue weighted by atomic mass is 32.2. The lowest BCUT2D eigenvalue weighted by atomic mass is 9.99. The van der Waals surface area contributed by atoms with E-state index in [1.54, 1.807) is 18.2 Å². The first-order valence-electron chi connectivity index (χ1n) is 9.76. The van der Waals surface area contributed by atoms with E-state index in [9.17, 15) is 18.5 Å². The summed E-state index contributed by atoms with van der Waals surface area (Å²) in [6.07, 6.45) is 1.15. The molecule has 10 heteroatoms. The Morgan fingerprint density at radius 3 is 2.57 bits per heavy atom. The SMILES string of the molecule is CCN(CC)CCn1nc2c3c(c([N+](=O)[O-])ccc31)Nc1ccc(S(C)(=O)=O)cc1-2. The molecule has 1 aliphatic heterocycles. The van der Waals surface area contributed by atoms with Crippen molar-refractivity contribution in [2.24, 2.45) is 0 Å². The Morgan fingerprint density at radius 1 is 1.20 bits per heavy atom. The van der Waals surface area contributed by atoms with Crippen LogP contribution in [-0.4, -0.2) is 53.9 Å². The molecule has 1 aromatic heterocycles. The van der Waals surface area contributed by atoms with Crippen LogP contribution in [0, 0.1) is 10.1 Å². The van der Waals surface area contributed by atoms with Crippen LogP contribution in [-0.2, 0) is 16.4 Å². The van der Waals surface area contributed by atoms with E-state index >= 15 is 0 Å². The Kier molecular flexibility index (Phi) is 4.99.